The van der Waals surface area contributed by atoms with E-state index in [0.29, 0.717) is 32.1 Å². The number of halogens is 3. The topological polar surface area (TPSA) is 43.5 Å². The number of thiol groups is 1. The smallest absolute Gasteiger partial charge is 0.238 e. The van der Waals surface area contributed by atoms with Gasteiger partial charge < -0.3 is 19.2 Å². The first-order valence-electron chi connectivity index (χ1n) is 14.7. The van der Waals surface area contributed by atoms with Crippen LogP contribution in [0.2, 0.25) is 0 Å². The Hall–Kier alpha value is -2.55. The summed E-state index contributed by atoms with van der Waals surface area (Å²) in [6, 6.07) is 24.0. The third-order valence-corrected chi connectivity index (χ3v) is 7.99. The summed E-state index contributed by atoms with van der Waals surface area (Å²) in [7, 11) is 0. The number of nitrogens with one attached hydrogen (secondary N) is 1. The number of fused-ring (bicyclic) bond motifs is 1. The standard InChI is InChI=1S/C34H40BrF2NO3S/c1-34(42,29-18-17-27(35)22-31(29)40-19-10-6-4-2-3-5-7-16-32(36)37)24-39-23-25-12-11-14-28(20-25)41-33-21-26-13-8-9-15-30(26)38-33/h8-9,11-15,17-18,20-22,32,38,42H,2-7,10,16,19,23-24H2,1H3. The van der Waals surface area contributed by atoms with Gasteiger partial charge in [-0.3, -0.25) is 0 Å². The number of hydrogen-bond donors (Lipinski definition) is 2. The average molecular weight is 661 g/mol. The number of alkyl halides is 2. The molecule has 0 aliphatic carbocycles. The molecule has 1 N–H and O–H groups in total. The van der Waals surface area contributed by atoms with Crippen molar-refractivity contribution in [3.05, 3.63) is 88.4 Å². The van der Waals surface area contributed by atoms with Crippen molar-refractivity contribution in [1.29, 1.82) is 0 Å². The first-order chi connectivity index (χ1) is 20.3. The number of aromatic amines is 1. The van der Waals surface area contributed by atoms with Crippen LogP contribution in [0.3, 0.4) is 0 Å². The van der Waals surface area contributed by atoms with Crippen LogP contribution in [-0.4, -0.2) is 24.6 Å². The van der Waals surface area contributed by atoms with E-state index in [1.807, 2.05) is 79.7 Å². The molecular weight excluding hydrogens is 620 g/mol. The van der Waals surface area contributed by atoms with Crippen LogP contribution in [0.15, 0.2) is 77.3 Å². The number of hydrogen-bond acceptors (Lipinski definition) is 4. The number of rotatable bonds is 18. The van der Waals surface area contributed by atoms with Crippen LogP contribution in [0, 0.1) is 0 Å². The highest BCUT2D eigenvalue weighted by Crippen LogP contribution is 2.37. The van der Waals surface area contributed by atoms with E-state index in [9.17, 15) is 8.78 Å². The lowest BCUT2D eigenvalue weighted by Crippen LogP contribution is -2.23. The number of ether oxygens (including phenoxy) is 3. The molecule has 1 aromatic heterocycles. The summed E-state index contributed by atoms with van der Waals surface area (Å²) >= 11 is 8.53. The minimum absolute atomic E-state index is 0.0204. The first-order valence-corrected chi connectivity index (χ1v) is 15.9. The predicted octanol–water partition coefficient (Wildman–Crippen LogP) is 10.8. The summed E-state index contributed by atoms with van der Waals surface area (Å²) in [4.78, 5) is 3.29. The van der Waals surface area contributed by atoms with Crippen LogP contribution in [0.4, 0.5) is 8.78 Å². The van der Waals surface area contributed by atoms with Crippen molar-refractivity contribution >= 4 is 39.5 Å². The van der Waals surface area contributed by atoms with E-state index in [4.69, 9.17) is 26.8 Å². The van der Waals surface area contributed by atoms with Crippen molar-refractivity contribution in [3.63, 3.8) is 0 Å². The van der Waals surface area contributed by atoms with Gasteiger partial charge >= 0.3 is 0 Å². The maximum atomic E-state index is 12.2. The van der Waals surface area contributed by atoms with Crippen molar-refractivity contribution in [2.45, 2.75) is 76.1 Å². The third-order valence-electron chi connectivity index (χ3n) is 7.13. The molecule has 0 saturated carbocycles. The maximum Gasteiger partial charge on any atom is 0.238 e. The Kier molecular flexibility index (Phi) is 12.6. The first kappa shape index (κ1) is 32.4. The lowest BCUT2D eigenvalue weighted by atomic mass is 10.00. The van der Waals surface area contributed by atoms with Crippen LogP contribution in [0.25, 0.3) is 10.9 Å². The molecule has 0 bridgehead atoms. The Morgan fingerprint density at radius 2 is 1.64 bits per heavy atom. The zero-order valence-electron chi connectivity index (χ0n) is 24.1. The molecule has 0 aliphatic heterocycles. The largest absolute Gasteiger partial charge is 0.493 e. The van der Waals surface area contributed by atoms with Gasteiger partial charge in [0.25, 0.3) is 0 Å². The molecule has 8 heteroatoms. The number of benzene rings is 3. The summed E-state index contributed by atoms with van der Waals surface area (Å²) in [5.74, 6) is 2.24. The van der Waals surface area contributed by atoms with Gasteiger partial charge in [0, 0.05) is 33.4 Å². The highest BCUT2D eigenvalue weighted by molar-refractivity contribution is 9.10. The van der Waals surface area contributed by atoms with Gasteiger partial charge in [-0.2, -0.15) is 12.6 Å². The van der Waals surface area contributed by atoms with Gasteiger partial charge in [0.15, 0.2) is 5.88 Å². The third kappa shape index (κ3) is 10.3. The Labute approximate surface area is 261 Å². The van der Waals surface area contributed by atoms with Gasteiger partial charge in [-0.1, -0.05) is 84.4 Å². The Morgan fingerprint density at radius 1 is 0.881 bits per heavy atom. The summed E-state index contributed by atoms with van der Waals surface area (Å²) in [5.41, 5.74) is 3.02. The van der Waals surface area contributed by atoms with E-state index in [2.05, 4.69) is 20.9 Å². The Bertz CT molecular complexity index is 1360. The number of aromatic nitrogens is 1. The Morgan fingerprint density at radius 3 is 2.43 bits per heavy atom. The number of unbranched alkanes of at least 4 members (excludes halogenated alkanes) is 6. The fourth-order valence-electron chi connectivity index (χ4n) is 4.90. The molecule has 3 aromatic carbocycles. The van der Waals surface area contributed by atoms with E-state index in [1.54, 1.807) is 0 Å². The van der Waals surface area contributed by atoms with Crippen molar-refractivity contribution in [3.8, 4) is 17.4 Å². The molecule has 1 atom stereocenters. The van der Waals surface area contributed by atoms with E-state index < -0.39 is 11.2 Å². The second-order valence-corrected chi connectivity index (χ2v) is 12.8. The van der Waals surface area contributed by atoms with Crippen molar-refractivity contribution in [2.75, 3.05) is 13.2 Å². The van der Waals surface area contributed by atoms with Crippen LogP contribution in [0.1, 0.15) is 69.4 Å². The second kappa shape index (κ2) is 16.3. The number of para-hydroxylation sites is 1. The van der Waals surface area contributed by atoms with Gasteiger partial charge in [0.1, 0.15) is 11.5 Å². The fourth-order valence-corrected chi connectivity index (χ4v) is 5.52. The van der Waals surface area contributed by atoms with E-state index in [1.165, 1.54) is 0 Å². The molecular formula is C34H40BrF2NO3S. The zero-order chi connectivity index (χ0) is 29.8. The number of H-pyrrole nitrogens is 1. The van der Waals surface area contributed by atoms with Gasteiger partial charge in [-0.05, 0) is 55.7 Å². The molecule has 1 unspecified atom stereocenters. The molecule has 226 valence electrons. The quantitative estimate of drug-likeness (QED) is 0.0825. The molecule has 0 saturated heterocycles. The monoisotopic (exact) mass is 659 g/mol. The summed E-state index contributed by atoms with van der Waals surface area (Å²) in [6.07, 6.45) is 4.54. The van der Waals surface area contributed by atoms with E-state index in [-0.39, 0.29) is 6.42 Å². The second-order valence-electron chi connectivity index (χ2n) is 10.9. The SMILES string of the molecule is CC(S)(COCc1cccc(Oc2cc3ccccc3[nH]2)c1)c1ccc(Br)cc1OCCCCCCCCCC(F)F. The van der Waals surface area contributed by atoms with Crippen LogP contribution >= 0.6 is 28.6 Å². The molecule has 0 aliphatic rings. The van der Waals surface area contributed by atoms with Crippen molar-refractivity contribution in [2.24, 2.45) is 0 Å². The molecule has 4 nitrogen and oxygen atoms in total. The molecule has 0 spiro atoms. The van der Waals surface area contributed by atoms with Gasteiger partial charge in [-0.25, -0.2) is 8.78 Å². The van der Waals surface area contributed by atoms with Crippen molar-refractivity contribution in [1.82, 2.24) is 4.98 Å². The van der Waals surface area contributed by atoms with E-state index >= 15 is 0 Å². The lowest BCUT2D eigenvalue weighted by molar-refractivity contribution is 0.102. The summed E-state index contributed by atoms with van der Waals surface area (Å²) in [6.45, 7) is 3.47. The summed E-state index contributed by atoms with van der Waals surface area (Å²) in [5, 5.41) is 1.11. The highest BCUT2D eigenvalue weighted by Gasteiger charge is 2.26. The molecule has 0 fully saturated rings. The molecule has 4 rings (SSSR count). The van der Waals surface area contributed by atoms with Gasteiger partial charge in [0.05, 0.1) is 24.6 Å². The fraction of sp³-hybridized carbons (Fsp3) is 0.412. The zero-order valence-corrected chi connectivity index (χ0v) is 26.6. The maximum absolute atomic E-state index is 12.2. The lowest BCUT2D eigenvalue weighted by Gasteiger charge is -2.27. The van der Waals surface area contributed by atoms with E-state index in [0.717, 1.165) is 76.5 Å². The molecule has 1 heterocycles. The van der Waals surface area contributed by atoms with Gasteiger partial charge in [0.2, 0.25) is 6.43 Å². The molecule has 0 amide bonds. The van der Waals surface area contributed by atoms with Gasteiger partial charge in [-0.15, -0.1) is 0 Å². The normalized spacial score (nSPS) is 13.0. The summed E-state index contributed by atoms with van der Waals surface area (Å²) < 4.78 is 43.2. The van der Waals surface area contributed by atoms with Crippen molar-refractivity contribution < 1.29 is 23.0 Å². The molecule has 42 heavy (non-hydrogen) atoms. The minimum Gasteiger partial charge on any atom is -0.493 e. The molecule has 0 radical (unpaired) electrons. The van der Waals surface area contributed by atoms with Crippen LogP contribution < -0.4 is 9.47 Å². The minimum atomic E-state index is -2.18. The molecule has 4 aromatic rings. The van der Waals surface area contributed by atoms with Crippen LogP contribution in [0.5, 0.6) is 17.4 Å². The average Bonchev–Trinajstić information content (AvgIpc) is 3.36. The predicted molar refractivity (Wildman–Crippen MR) is 173 cm³/mol. The highest BCUT2D eigenvalue weighted by atomic mass is 79.9. The Balaban J connectivity index is 1.23. The van der Waals surface area contributed by atoms with Crippen LogP contribution in [-0.2, 0) is 16.1 Å².